The maximum absolute atomic E-state index is 8.63. The van der Waals surface area contributed by atoms with Crippen molar-refractivity contribution in [3.05, 3.63) is 12.7 Å². The highest BCUT2D eigenvalue weighted by molar-refractivity contribution is 5.00. The molecule has 0 aromatic rings. The summed E-state index contributed by atoms with van der Waals surface area (Å²) in [5.74, 6) is 0.963. The molecule has 1 saturated carbocycles. The van der Waals surface area contributed by atoms with Crippen LogP contribution in [-0.4, -0.2) is 17.8 Å². The van der Waals surface area contributed by atoms with E-state index in [1.165, 1.54) is 0 Å². The zero-order valence-electron chi connectivity index (χ0n) is 5.46. The molecule has 1 rings (SSSR count). The minimum atomic E-state index is 0.0992. The molecule has 0 radical (unpaired) electrons. The summed E-state index contributed by atoms with van der Waals surface area (Å²) in [5, 5.41) is 8.63. The molecule has 2 nitrogen and oxygen atoms in total. The Labute approximate surface area is 55.4 Å². The van der Waals surface area contributed by atoms with Gasteiger partial charge in [0.25, 0.3) is 0 Å². The summed E-state index contributed by atoms with van der Waals surface area (Å²) in [5.41, 5.74) is 5.62. The summed E-state index contributed by atoms with van der Waals surface area (Å²) in [6.45, 7) is 3.87. The predicted molar refractivity (Wildman–Crippen MR) is 36.9 cm³/mol. The maximum Gasteiger partial charge on any atom is 0.0462 e. The van der Waals surface area contributed by atoms with Gasteiger partial charge in [0.1, 0.15) is 0 Å². The first-order valence-electron chi connectivity index (χ1n) is 3.28. The number of hydrogen-bond acceptors (Lipinski definition) is 2. The Morgan fingerprint density at radius 1 is 1.89 bits per heavy atom. The van der Waals surface area contributed by atoms with E-state index in [2.05, 4.69) is 6.58 Å². The summed E-state index contributed by atoms with van der Waals surface area (Å²) in [6.07, 6.45) is 2.82. The first-order valence-corrected chi connectivity index (χ1v) is 3.28. The van der Waals surface area contributed by atoms with E-state index in [9.17, 15) is 0 Å². The van der Waals surface area contributed by atoms with Crippen LogP contribution in [-0.2, 0) is 0 Å². The van der Waals surface area contributed by atoms with Gasteiger partial charge < -0.3 is 10.8 Å². The summed E-state index contributed by atoms with van der Waals surface area (Å²) >= 11 is 0. The lowest BCUT2D eigenvalue weighted by Crippen LogP contribution is -2.20. The Bertz CT molecular complexity index is 113. The summed E-state index contributed by atoms with van der Waals surface area (Å²) in [6, 6.07) is 0.0992. The van der Waals surface area contributed by atoms with Crippen LogP contribution in [0.25, 0.3) is 0 Å². The van der Waals surface area contributed by atoms with E-state index in [1.807, 2.05) is 0 Å². The van der Waals surface area contributed by atoms with Crippen molar-refractivity contribution in [2.45, 2.75) is 12.5 Å². The van der Waals surface area contributed by atoms with Gasteiger partial charge in [-0.3, -0.25) is 0 Å². The maximum atomic E-state index is 8.63. The number of aliphatic hydroxyl groups is 1. The molecular formula is C7H13NO. The minimum Gasteiger partial charge on any atom is -0.396 e. The topological polar surface area (TPSA) is 46.2 Å². The smallest absolute Gasteiger partial charge is 0.0462 e. The van der Waals surface area contributed by atoms with E-state index in [4.69, 9.17) is 10.8 Å². The lowest BCUT2D eigenvalue weighted by atomic mass is 10.2. The zero-order chi connectivity index (χ0) is 6.85. The monoisotopic (exact) mass is 127 g/mol. The quantitative estimate of drug-likeness (QED) is 0.529. The fraction of sp³-hybridized carbons (Fsp3) is 0.714. The lowest BCUT2D eigenvalue weighted by molar-refractivity contribution is 0.267. The standard InChI is InChI=1S/C7H13NO/c1-2-7(8)6-3-5(6)4-9/h2,5-7,9H,1,3-4,8H2/t5-,6-,7-/m1/s1. The highest BCUT2D eigenvalue weighted by Crippen LogP contribution is 2.39. The molecule has 0 aliphatic heterocycles. The third-order valence-electron chi connectivity index (χ3n) is 1.98. The van der Waals surface area contributed by atoms with Crippen LogP contribution < -0.4 is 5.73 Å². The van der Waals surface area contributed by atoms with Crippen molar-refractivity contribution in [3.63, 3.8) is 0 Å². The molecule has 0 bridgehead atoms. The van der Waals surface area contributed by atoms with Crippen LogP contribution in [0.1, 0.15) is 6.42 Å². The predicted octanol–water partition coefficient (Wildman–Crippen LogP) is 0.128. The molecular weight excluding hydrogens is 114 g/mol. The Morgan fingerprint density at radius 2 is 2.56 bits per heavy atom. The van der Waals surface area contributed by atoms with Gasteiger partial charge in [-0.15, -0.1) is 6.58 Å². The minimum absolute atomic E-state index is 0.0992. The van der Waals surface area contributed by atoms with Gasteiger partial charge in [-0.05, 0) is 18.3 Å². The van der Waals surface area contributed by atoms with Crippen molar-refractivity contribution in [2.75, 3.05) is 6.61 Å². The van der Waals surface area contributed by atoms with E-state index < -0.39 is 0 Å². The Morgan fingerprint density at radius 3 is 2.89 bits per heavy atom. The van der Waals surface area contributed by atoms with Crippen LogP contribution in [0.15, 0.2) is 12.7 Å². The highest BCUT2D eigenvalue weighted by Gasteiger charge is 2.39. The summed E-state index contributed by atoms with van der Waals surface area (Å²) in [4.78, 5) is 0. The van der Waals surface area contributed by atoms with Crippen LogP contribution in [0.2, 0.25) is 0 Å². The average molecular weight is 127 g/mol. The Kier molecular flexibility index (Phi) is 1.88. The molecule has 3 atom stereocenters. The molecule has 3 N–H and O–H groups in total. The van der Waals surface area contributed by atoms with Gasteiger partial charge in [0, 0.05) is 12.6 Å². The fourth-order valence-corrected chi connectivity index (χ4v) is 1.13. The molecule has 0 aromatic heterocycles. The molecule has 1 aliphatic carbocycles. The van der Waals surface area contributed by atoms with Crippen molar-refractivity contribution in [1.82, 2.24) is 0 Å². The number of hydrogen-bond donors (Lipinski definition) is 2. The molecule has 1 aliphatic rings. The first kappa shape index (κ1) is 6.78. The second kappa shape index (κ2) is 2.50. The van der Waals surface area contributed by atoms with Crippen molar-refractivity contribution >= 4 is 0 Å². The number of nitrogens with two attached hydrogens (primary N) is 1. The van der Waals surface area contributed by atoms with Gasteiger partial charge in [0.05, 0.1) is 0 Å². The van der Waals surface area contributed by atoms with Crippen molar-refractivity contribution in [1.29, 1.82) is 0 Å². The van der Waals surface area contributed by atoms with E-state index in [0.717, 1.165) is 6.42 Å². The molecule has 0 spiro atoms. The zero-order valence-corrected chi connectivity index (χ0v) is 5.46. The summed E-state index contributed by atoms with van der Waals surface area (Å²) < 4.78 is 0. The SMILES string of the molecule is C=C[C@@H](N)[C@@H]1C[C@@H]1CO. The third-order valence-corrected chi connectivity index (χ3v) is 1.98. The van der Waals surface area contributed by atoms with Gasteiger partial charge >= 0.3 is 0 Å². The molecule has 1 fully saturated rings. The van der Waals surface area contributed by atoms with Crippen LogP contribution in [0.3, 0.4) is 0 Å². The number of rotatable bonds is 3. The molecule has 0 aromatic carbocycles. The first-order chi connectivity index (χ1) is 4.29. The molecule has 0 saturated heterocycles. The van der Waals surface area contributed by atoms with Crippen molar-refractivity contribution < 1.29 is 5.11 Å². The fourth-order valence-electron chi connectivity index (χ4n) is 1.13. The van der Waals surface area contributed by atoms with Gasteiger partial charge in [0.2, 0.25) is 0 Å². The van der Waals surface area contributed by atoms with Crippen molar-refractivity contribution in [2.24, 2.45) is 17.6 Å². The van der Waals surface area contributed by atoms with E-state index in [-0.39, 0.29) is 12.6 Å². The lowest BCUT2D eigenvalue weighted by Gasteiger charge is -2.01. The molecule has 0 heterocycles. The van der Waals surface area contributed by atoms with Gasteiger partial charge in [0.15, 0.2) is 0 Å². The third kappa shape index (κ3) is 1.32. The van der Waals surface area contributed by atoms with E-state index in [1.54, 1.807) is 6.08 Å². The molecule has 2 heteroatoms. The second-order valence-corrected chi connectivity index (χ2v) is 2.66. The van der Waals surface area contributed by atoms with Gasteiger partial charge in [-0.1, -0.05) is 6.08 Å². The number of aliphatic hydroxyl groups excluding tert-OH is 1. The van der Waals surface area contributed by atoms with Crippen LogP contribution in [0.4, 0.5) is 0 Å². The van der Waals surface area contributed by atoms with Crippen molar-refractivity contribution in [3.8, 4) is 0 Å². The molecule has 52 valence electrons. The molecule has 0 unspecified atom stereocenters. The van der Waals surface area contributed by atoms with Gasteiger partial charge in [-0.25, -0.2) is 0 Å². The van der Waals surface area contributed by atoms with E-state index in [0.29, 0.717) is 11.8 Å². The average Bonchev–Trinajstić information content (AvgIpc) is 2.64. The Balaban J connectivity index is 2.24. The second-order valence-electron chi connectivity index (χ2n) is 2.66. The largest absolute Gasteiger partial charge is 0.396 e. The van der Waals surface area contributed by atoms with Gasteiger partial charge in [-0.2, -0.15) is 0 Å². The molecule has 0 amide bonds. The summed E-state index contributed by atoms with van der Waals surface area (Å²) in [7, 11) is 0. The highest BCUT2D eigenvalue weighted by atomic mass is 16.3. The Hall–Kier alpha value is -0.340. The van der Waals surface area contributed by atoms with Crippen LogP contribution >= 0.6 is 0 Å². The normalized spacial score (nSPS) is 35.8. The molecule has 9 heavy (non-hydrogen) atoms. The van der Waals surface area contributed by atoms with E-state index >= 15 is 0 Å². The van der Waals surface area contributed by atoms with Crippen LogP contribution in [0, 0.1) is 11.8 Å². The van der Waals surface area contributed by atoms with Crippen LogP contribution in [0.5, 0.6) is 0 Å².